The van der Waals surface area contributed by atoms with E-state index in [-0.39, 0.29) is 23.2 Å². The molecule has 0 aliphatic carbocycles. The molecule has 1 amide bonds. The van der Waals surface area contributed by atoms with Crippen LogP contribution in [0.3, 0.4) is 0 Å². The van der Waals surface area contributed by atoms with E-state index in [1.54, 1.807) is 30.3 Å². The Morgan fingerprint density at radius 3 is 2.65 bits per heavy atom. The lowest BCUT2D eigenvalue weighted by atomic mass is 10.2. The molecule has 2 nitrogen and oxygen atoms in total. The van der Waals surface area contributed by atoms with Gasteiger partial charge in [0.1, 0.15) is 11.6 Å². The molecule has 5 heteroatoms. The molecular weight excluding hydrogens is 280 g/mol. The fraction of sp³-hybridized carbons (Fsp3) is 0.133. The summed E-state index contributed by atoms with van der Waals surface area (Å²) in [4.78, 5) is 12.1. The van der Waals surface area contributed by atoms with E-state index in [1.807, 2.05) is 6.92 Å². The fourth-order valence-electron chi connectivity index (χ4n) is 1.63. The highest BCUT2D eigenvalue weighted by Crippen LogP contribution is 2.22. The van der Waals surface area contributed by atoms with Crippen molar-refractivity contribution in [3.05, 3.63) is 59.7 Å². The summed E-state index contributed by atoms with van der Waals surface area (Å²) in [7, 11) is 0. The van der Waals surface area contributed by atoms with Gasteiger partial charge in [0, 0.05) is 4.90 Å². The number of carbonyl (C=O) groups excluding carboxylic acids is 1. The summed E-state index contributed by atoms with van der Waals surface area (Å²) in [6.07, 6.45) is 0. The Kier molecular flexibility index (Phi) is 4.74. The third kappa shape index (κ3) is 3.81. The van der Waals surface area contributed by atoms with Crippen molar-refractivity contribution in [3.63, 3.8) is 0 Å². The molecule has 0 atom stereocenters. The summed E-state index contributed by atoms with van der Waals surface area (Å²) < 4.78 is 26.8. The van der Waals surface area contributed by atoms with Gasteiger partial charge in [0.2, 0.25) is 5.91 Å². The normalized spacial score (nSPS) is 10.3. The molecule has 2 aromatic carbocycles. The SMILES string of the molecule is Cc1ccc(F)c(NC(=O)CSc2ccccc2F)c1. The molecule has 20 heavy (non-hydrogen) atoms. The van der Waals surface area contributed by atoms with E-state index in [9.17, 15) is 13.6 Å². The Bertz CT molecular complexity index is 631. The van der Waals surface area contributed by atoms with Crippen molar-refractivity contribution in [2.24, 2.45) is 0 Å². The number of thioether (sulfide) groups is 1. The van der Waals surface area contributed by atoms with Gasteiger partial charge in [-0.05, 0) is 36.8 Å². The summed E-state index contributed by atoms with van der Waals surface area (Å²) in [5.74, 6) is -1.21. The van der Waals surface area contributed by atoms with E-state index in [1.165, 1.54) is 12.1 Å². The van der Waals surface area contributed by atoms with Gasteiger partial charge in [-0.2, -0.15) is 0 Å². The molecule has 0 saturated heterocycles. The van der Waals surface area contributed by atoms with Crippen molar-refractivity contribution in [2.75, 3.05) is 11.1 Å². The van der Waals surface area contributed by atoms with Crippen LogP contribution in [0.15, 0.2) is 47.4 Å². The molecule has 1 N–H and O–H groups in total. The molecule has 0 aliphatic rings. The molecule has 0 spiro atoms. The highest BCUT2D eigenvalue weighted by atomic mass is 32.2. The number of carbonyl (C=O) groups is 1. The molecule has 2 aromatic rings. The molecule has 0 aromatic heterocycles. The zero-order valence-electron chi connectivity index (χ0n) is 10.8. The monoisotopic (exact) mass is 293 g/mol. The highest BCUT2D eigenvalue weighted by Gasteiger charge is 2.09. The van der Waals surface area contributed by atoms with E-state index in [4.69, 9.17) is 0 Å². The van der Waals surface area contributed by atoms with Crippen molar-refractivity contribution in [2.45, 2.75) is 11.8 Å². The topological polar surface area (TPSA) is 29.1 Å². The van der Waals surface area contributed by atoms with E-state index >= 15 is 0 Å². The lowest BCUT2D eigenvalue weighted by Crippen LogP contribution is -2.15. The summed E-state index contributed by atoms with van der Waals surface area (Å²) in [5.41, 5.74) is 0.993. The predicted octanol–water partition coefficient (Wildman–Crippen LogP) is 4.00. The first-order chi connectivity index (χ1) is 9.56. The van der Waals surface area contributed by atoms with Gasteiger partial charge in [0.25, 0.3) is 0 Å². The van der Waals surface area contributed by atoms with Crippen LogP contribution in [0.4, 0.5) is 14.5 Å². The number of benzene rings is 2. The zero-order valence-corrected chi connectivity index (χ0v) is 11.6. The Morgan fingerprint density at radius 2 is 1.90 bits per heavy atom. The van der Waals surface area contributed by atoms with E-state index in [2.05, 4.69) is 5.32 Å². The van der Waals surface area contributed by atoms with Gasteiger partial charge in [0.15, 0.2) is 0 Å². The van der Waals surface area contributed by atoms with Gasteiger partial charge < -0.3 is 5.32 Å². The number of aryl methyl sites for hydroxylation is 1. The standard InChI is InChI=1S/C15H13F2NOS/c1-10-6-7-11(16)13(8-10)18-15(19)9-20-14-5-3-2-4-12(14)17/h2-8H,9H2,1H3,(H,18,19). The second-order valence-electron chi connectivity index (χ2n) is 4.25. The quantitative estimate of drug-likeness (QED) is 0.863. The minimum atomic E-state index is -0.486. The second kappa shape index (κ2) is 6.52. The molecule has 0 fully saturated rings. The molecule has 2 rings (SSSR count). The van der Waals surface area contributed by atoms with Crippen LogP contribution in [-0.2, 0) is 4.79 Å². The summed E-state index contributed by atoms with van der Waals surface area (Å²) in [5, 5.41) is 2.48. The number of halogens is 2. The minimum Gasteiger partial charge on any atom is -0.323 e. The molecule has 104 valence electrons. The van der Waals surface area contributed by atoms with E-state index < -0.39 is 5.82 Å². The number of anilines is 1. The van der Waals surface area contributed by atoms with Gasteiger partial charge in [-0.15, -0.1) is 11.8 Å². The fourth-order valence-corrected chi connectivity index (χ4v) is 2.37. The summed E-state index contributed by atoms with van der Waals surface area (Å²) in [6.45, 7) is 1.81. The molecule has 0 heterocycles. The number of nitrogens with one attached hydrogen (secondary N) is 1. The van der Waals surface area contributed by atoms with Gasteiger partial charge in [-0.25, -0.2) is 8.78 Å². The van der Waals surface area contributed by atoms with Crippen molar-refractivity contribution in [1.82, 2.24) is 0 Å². The van der Waals surface area contributed by atoms with Crippen molar-refractivity contribution >= 4 is 23.4 Å². The molecule has 0 radical (unpaired) electrons. The maximum Gasteiger partial charge on any atom is 0.234 e. The average Bonchev–Trinajstić information content (AvgIpc) is 2.42. The van der Waals surface area contributed by atoms with Crippen LogP contribution in [0.1, 0.15) is 5.56 Å². The van der Waals surface area contributed by atoms with Crippen molar-refractivity contribution < 1.29 is 13.6 Å². The van der Waals surface area contributed by atoms with E-state index in [0.29, 0.717) is 4.90 Å². The lowest BCUT2D eigenvalue weighted by molar-refractivity contribution is -0.113. The first-order valence-corrected chi connectivity index (χ1v) is 6.98. The minimum absolute atomic E-state index is 0.0221. The van der Waals surface area contributed by atoms with Crippen LogP contribution in [0.2, 0.25) is 0 Å². The Labute approximate surface area is 120 Å². The Morgan fingerprint density at radius 1 is 1.15 bits per heavy atom. The first-order valence-electron chi connectivity index (χ1n) is 5.99. The number of hydrogen-bond donors (Lipinski definition) is 1. The summed E-state index contributed by atoms with van der Waals surface area (Å²) in [6, 6.07) is 10.7. The lowest BCUT2D eigenvalue weighted by Gasteiger charge is -2.07. The maximum atomic E-state index is 13.5. The number of rotatable bonds is 4. The second-order valence-corrected chi connectivity index (χ2v) is 5.27. The van der Waals surface area contributed by atoms with Crippen molar-refractivity contribution in [1.29, 1.82) is 0 Å². The molecule has 0 saturated carbocycles. The third-order valence-electron chi connectivity index (χ3n) is 2.59. The molecular formula is C15H13F2NOS. The van der Waals surface area contributed by atoms with Gasteiger partial charge in [-0.3, -0.25) is 4.79 Å². The summed E-state index contributed by atoms with van der Waals surface area (Å²) >= 11 is 1.07. The van der Waals surface area contributed by atoms with Crippen LogP contribution in [0.5, 0.6) is 0 Å². The van der Waals surface area contributed by atoms with Crippen molar-refractivity contribution in [3.8, 4) is 0 Å². The smallest absolute Gasteiger partial charge is 0.234 e. The zero-order chi connectivity index (χ0) is 14.5. The molecule has 0 aliphatic heterocycles. The van der Waals surface area contributed by atoms with Crippen LogP contribution in [0, 0.1) is 18.6 Å². The van der Waals surface area contributed by atoms with Crippen LogP contribution < -0.4 is 5.32 Å². The molecule has 0 bridgehead atoms. The highest BCUT2D eigenvalue weighted by molar-refractivity contribution is 8.00. The third-order valence-corrected chi connectivity index (χ3v) is 3.64. The number of hydrogen-bond acceptors (Lipinski definition) is 2. The average molecular weight is 293 g/mol. The largest absolute Gasteiger partial charge is 0.323 e. The van der Waals surface area contributed by atoms with Gasteiger partial charge in [-0.1, -0.05) is 18.2 Å². The van der Waals surface area contributed by atoms with Crippen LogP contribution >= 0.6 is 11.8 Å². The first kappa shape index (κ1) is 14.5. The van der Waals surface area contributed by atoms with Gasteiger partial charge >= 0.3 is 0 Å². The van der Waals surface area contributed by atoms with Gasteiger partial charge in [0.05, 0.1) is 11.4 Å². The van der Waals surface area contributed by atoms with Crippen LogP contribution in [-0.4, -0.2) is 11.7 Å². The molecule has 0 unspecified atom stereocenters. The Hall–Kier alpha value is -1.88. The van der Waals surface area contributed by atoms with E-state index in [0.717, 1.165) is 17.3 Å². The van der Waals surface area contributed by atoms with Crippen LogP contribution in [0.25, 0.3) is 0 Å². The maximum absolute atomic E-state index is 13.5. The predicted molar refractivity (Wildman–Crippen MR) is 76.9 cm³/mol. The Balaban J connectivity index is 1.96. The number of amides is 1.